The molecule has 1 fully saturated rings. The molecule has 1 amide bonds. The van der Waals surface area contributed by atoms with Gasteiger partial charge in [0.25, 0.3) is 5.91 Å². The summed E-state index contributed by atoms with van der Waals surface area (Å²) >= 11 is 9.46. The van der Waals surface area contributed by atoms with Crippen LogP contribution in [0.5, 0.6) is 0 Å². The molecule has 1 saturated carbocycles. The van der Waals surface area contributed by atoms with Gasteiger partial charge in [-0.05, 0) is 49.6 Å². The van der Waals surface area contributed by atoms with Crippen LogP contribution in [-0.2, 0) is 0 Å². The molecule has 3 rings (SSSR count). The van der Waals surface area contributed by atoms with Gasteiger partial charge in [-0.3, -0.25) is 4.79 Å². The van der Waals surface area contributed by atoms with Crippen molar-refractivity contribution in [2.45, 2.75) is 25.8 Å². The Kier molecular flexibility index (Phi) is 3.61. The van der Waals surface area contributed by atoms with E-state index in [0.717, 1.165) is 28.6 Å². The number of amides is 1. The molecule has 0 unspecified atom stereocenters. The third kappa shape index (κ3) is 2.91. The number of nitrogens with one attached hydrogen (secondary N) is 1. The summed E-state index contributed by atoms with van der Waals surface area (Å²) in [6, 6.07) is 7.97. The first-order valence-corrected chi connectivity index (χ1v) is 7.66. The second-order valence-electron chi connectivity index (χ2n) is 5.15. The molecule has 0 spiro atoms. The van der Waals surface area contributed by atoms with Crippen molar-refractivity contribution in [2.75, 3.05) is 5.32 Å². The van der Waals surface area contributed by atoms with E-state index in [4.69, 9.17) is 11.6 Å². The average Bonchev–Trinajstić information content (AvgIpc) is 3.11. The van der Waals surface area contributed by atoms with Gasteiger partial charge < -0.3 is 9.88 Å². The summed E-state index contributed by atoms with van der Waals surface area (Å²) in [7, 11) is 0. The lowest BCUT2D eigenvalue weighted by Crippen LogP contribution is -2.16. The zero-order valence-corrected chi connectivity index (χ0v) is 13.3. The van der Waals surface area contributed by atoms with Crippen LogP contribution in [0.2, 0.25) is 5.02 Å². The van der Waals surface area contributed by atoms with E-state index in [1.54, 1.807) is 6.07 Å². The Hall–Kier alpha value is -1.26. The van der Waals surface area contributed by atoms with Gasteiger partial charge in [-0.25, -0.2) is 0 Å². The lowest BCUT2D eigenvalue weighted by Gasteiger charge is -2.09. The summed E-state index contributed by atoms with van der Waals surface area (Å²) in [5, 5.41) is 3.53. The predicted octanol–water partition coefficient (Wildman–Crippen LogP) is 4.80. The van der Waals surface area contributed by atoms with Crippen LogP contribution in [-0.4, -0.2) is 10.5 Å². The van der Waals surface area contributed by atoms with Crippen molar-refractivity contribution >= 4 is 39.1 Å². The highest BCUT2D eigenvalue weighted by molar-refractivity contribution is 9.10. The first-order chi connectivity index (χ1) is 9.52. The number of halogens is 2. The minimum atomic E-state index is -0.124. The molecule has 3 nitrogen and oxygen atoms in total. The molecule has 1 N–H and O–H groups in total. The van der Waals surface area contributed by atoms with Crippen LogP contribution in [0.4, 0.5) is 5.69 Å². The van der Waals surface area contributed by atoms with Gasteiger partial charge in [0.05, 0.1) is 5.02 Å². The Morgan fingerprint density at radius 1 is 1.35 bits per heavy atom. The standard InChI is InChI=1S/C15H14BrClN2O/c1-9-4-10(16)6-12(5-9)18-15(20)14-7-11(17)8-19(14)13-2-3-13/h4-8,13H,2-3H2,1H3,(H,18,20). The van der Waals surface area contributed by atoms with Gasteiger partial charge >= 0.3 is 0 Å². The van der Waals surface area contributed by atoms with Gasteiger partial charge in [-0.1, -0.05) is 27.5 Å². The summed E-state index contributed by atoms with van der Waals surface area (Å²) in [6.07, 6.45) is 4.06. The highest BCUT2D eigenvalue weighted by Crippen LogP contribution is 2.37. The third-order valence-electron chi connectivity index (χ3n) is 3.29. The van der Waals surface area contributed by atoms with Crippen LogP contribution in [0.15, 0.2) is 34.9 Å². The van der Waals surface area contributed by atoms with E-state index in [1.165, 1.54) is 0 Å². The van der Waals surface area contributed by atoms with Crippen molar-refractivity contribution in [2.24, 2.45) is 0 Å². The Balaban J connectivity index is 1.85. The maximum Gasteiger partial charge on any atom is 0.272 e. The molecule has 104 valence electrons. The van der Waals surface area contributed by atoms with Gasteiger partial charge in [-0.15, -0.1) is 0 Å². The van der Waals surface area contributed by atoms with E-state index >= 15 is 0 Å². The fourth-order valence-corrected chi connectivity index (χ4v) is 3.10. The fourth-order valence-electron chi connectivity index (χ4n) is 2.29. The van der Waals surface area contributed by atoms with Gasteiger partial charge in [0.1, 0.15) is 5.69 Å². The van der Waals surface area contributed by atoms with Crippen molar-refractivity contribution in [1.82, 2.24) is 4.57 Å². The number of aryl methyl sites for hydroxylation is 1. The van der Waals surface area contributed by atoms with Crippen molar-refractivity contribution in [1.29, 1.82) is 0 Å². The van der Waals surface area contributed by atoms with Crippen LogP contribution in [0, 0.1) is 6.92 Å². The van der Waals surface area contributed by atoms with E-state index in [-0.39, 0.29) is 5.91 Å². The highest BCUT2D eigenvalue weighted by Gasteiger charge is 2.27. The highest BCUT2D eigenvalue weighted by atomic mass is 79.9. The average molecular weight is 354 g/mol. The van der Waals surface area contributed by atoms with Crippen LogP contribution in [0.1, 0.15) is 34.9 Å². The second-order valence-corrected chi connectivity index (χ2v) is 6.51. The molecular weight excluding hydrogens is 340 g/mol. The third-order valence-corrected chi connectivity index (χ3v) is 3.95. The van der Waals surface area contributed by atoms with E-state index < -0.39 is 0 Å². The molecule has 0 aliphatic heterocycles. The number of benzene rings is 1. The Morgan fingerprint density at radius 3 is 2.75 bits per heavy atom. The summed E-state index contributed by atoms with van der Waals surface area (Å²) in [6.45, 7) is 1.99. The smallest absolute Gasteiger partial charge is 0.272 e. The van der Waals surface area contributed by atoms with Crippen molar-refractivity contribution in [3.8, 4) is 0 Å². The molecule has 20 heavy (non-hydrogen) atoms. The van der Waals surface area contributed by atoms with Gasteiger partial charge in [0, 0.05) is 22.4 Å². The van der Waals surface area contributed by atoms with E-state index in [9.17, 15) is 4.79 Å². The number of hydrogen-bond donors (Lipinski definition) is 1. The van der Waals surface area contributed by atoms with Crippen LogP contribution >= 0.6 is 27.5 Å². The summed E-state index contributed by atoms with van der Waals surface area (Å²) < 4.78 is 2.92. The largest absolute Gasteiger partial charge is 0.339 e. The molecule has 2 aromatic rings. The predicted molar refractivity (Wildman–Crippen MR) is 84.5 cm³/mol. The van der Waals surface area contributed by atoms with Gasteiger partial charge in [0.15, 0.2) is 0 Å². The van der Waals surface area contributed by atoms with Gasteiger partial charge in [0.2, 0.25) is 0 Å². The lowest BCUT2D eigenvalue weighted by atomic mass is 10.2. The van der Waals surface area contributed by atoms with E-state index in [0.29, 0.717) is 16.8 Å². The number of hydrogen-bond acceptors (Lipinski definition) is 1. The molecule has 1 heterocycles. The first kappa shape index (κ1) is 13.7. The molecule has 0 bridgehead atoms. The number of carbonyl (C=O) groups is 1. The monoisotopic (exact) mass is 352 g/mol. The molecular formula is C15H14BrClN2O. The van der Waals surface area contributed by atoms with Crippen molar-refractivity contribution < 1.29 is 4.79 Å². The van der Waals surface area contributed by atoms with Crippen LogP contribution < -0.4 is 5.32 Å². The van der Waals surface area contributed by atoms with Crippen LogP contribution in [0.25, 0.3) is 0 Å². The van der Waals surface area contributed by atoms with Gasteiger partial charge in [-0.2, -0.15) is 0 Å². The number of rotatable bonds is 3. The second kappa shape index (κ2) is 5.26. The maximum absolute atomic E-state index is 12.4. The molecule has 1 aliphatic carbocycles. The Bertz CT molecular complexity index is 656. The molecule has 0 saturated heterocycles. The minimum absolute atomic E-state index is 0.124. The number of nitrogens with zero attached hydrogens (tertiary/aromatic N) is 1. The summed E-state index contributed by atoms with van der Waals surface area (Å²) in [4.78, 5) is 12.4. The van der Waals surface area contributed by atoms with E-state index in [1.807, 2.05) is 35.9 Å². The quantitative estimate of drug-likeness (QED) is 0.845. The SMILES string of the molecule is Cc1cc(Br)cc(NC(=O)c2cc(Cl)cn2C2CC2)c1. The number of carbonyl (C=O) groups excluding carboxylic acids is 1. The maximum atomic E-state index is 12.4. The number of aromatic nitrogens is 1. The first-order valence-electron chi connectivity index (χ1n) is 6.49. The fraction of sp³-hybridized carbons (Fsp3) is 0.267. The lowest BCUT2D eigenvalue weighted by molar-refractivity contribution is 0.101. The molecule has 5 heteroatoms. The molecule has 1 aliphatic rings. The summed E-state index contributed by atoms with van der Waals surface area (Å²) in [5.41, 5.74) is 2.49. The molecule has 0 radical (unpaired) electrons. The topological polar surface area (TPSA) is 34.0 Å². The normalized spacial score (nSPS) is 14.3. The zero-order chi connectivity index (χ0) is 14.3. The summed E-state index contributed by atoms with van der Waals surface area (Å²) in [5.74, 6) is -0.124. The molecule has 1 aromatic heterocycles. The Morgan fingerprint density at radius 2 is 2.10 bits per heavy atom. The van der Waals surface area contributed by atoms with Crippen molar-refractivity contribution in [3.05, 3.63) is 51.2 Å². The minimum Gasteiger partial charge on any atom is -0.339 e. The van der Waals surface area contributed by atoms with E-state index in [2.05, 4.69) is 21.2 Å². The van der Waals surface area contributed by atoms with Crippen LogP contribution in [0.3, 0.4) is 0 Å². The van der Waals surface area contributed by atoms with Crippen molar-refractivity contribution in [3.63, 3.8) is 0 Å². The Labute approximate surface area is 131 Å². The zero-order valence-electron chi connectivity index (χ0n) is 11.0. The molecule has 1 aromatic carbocycles. The number of anilines is 1. The molecule has 0 atom stereocenters.